The van der Waals surface area contributed by atoms with E-state index in [4.69, 9.17) is 4.74 Å². The maximum atomic E-state index is 11.5. The first-order chi connectivity index (χ1) is 7.06. The summed E-state index contributed by atoms with van der Waals surface area (Å²) in [7, 11) is 0. The van der Waals surface area contributed by atoms with E-state index < -0.39 is 0 Å². The minimum Gasteiger partial charge on any atom is -0.466 e. The molecule has 4 heteroatoms. The van der Waals surface area contributed by atoms with Crippen LogP contribution in [0.5, 0.6) is 0 Å². The number of benzene rings is 1. The first-order valence-corrected chi connectivity index (χ1v) is 6.26. The molecule has 1 atom stereocenters. The van der Waals surface area contributed by atoms with Crippen LogP contribution in [0.3, 0.4) is 0 Å². The van der Waals surface area contributed by atoms with Crippen molar-refractivity contribution in [2.45, 2.75) is 19.8 Å². The number of esters is 1. The molecule has 1 rings (SSSR count). The number of rotatable bonds is 3. The highest BCUT2D eigenvalue weighted by Gasteiger charge is 2.16. The Balaban J connectivity index is 2.86. The van der Waals surface area contributed by atoms with Gasteiger partial charge < -0.3 is 4.74 Å². The highest BCUT2D eigenvalue weighted by atomic mass is 79.9. The number of carbonyl (C=O) groups excluding carboxylic acids is 1. The van der Waals surface area contributed by atoms with E-state index in [2.05, 4.69) is 31.9 Å². The maximum Gasteiger partial charge on any atom is 0.313 e. The lowest BCUT2D eigenvalue weighted by Crippen LogP contribution is -2.12. The molecule has 0 aliphatic carbocycles. The van der Waals surface area contributed by atoms with Gasteiger partial charge in [-0.15, -0.1) is 0 Å². The molecule has 0 aliphatic rings. The molecule has 0 radical (unpaired) electrons. The van der Waals surface area contributed by atoms with E-state index in [1.165, 1.54) is 0 Å². The molecule has 0 heterocycles. The van der Waals surface area contributed by atoms with Crippen LogP contribution in [0.15, 0.2) is 27.1 Å². The van der Waals surface area contributed by atoms with Crippen LogP contribution in [0.25, 0.3) is 0 Å². The third kappa shape index (κ3) is 3.31. The average Bonchev–Trinajstić information content (AvgIpc) is 2.21. The smallest absolute Gasteiger partial charge is 0.313 e. The van der Waals surface area contributed by atoms with Crippen LogP contribution in [0, 0.1) is 0 Å². The van der Waals surface area contributed by atoms with Gasteiger partial charge in [0.05, 0.1) is 12.5 Å². The predicted octanol–water partition coefficient (Wildman–Crippen LogP) is 3.88. The average molecular weight is 336 g/mol. The van der Waals surface area contributed by atoms with E-state index in [-0.39, 0.29) is 11.9 Å². The summed E-state index contributed by atoms with van der Waals surface area (Å²) in [5.74, 6) is -0.416. The summed E-state index contributed by atoms with van der Waals surface area (Å²) >= 11 is 6.79. The van der Waals surface area contributed by atoms with Gasteiger partial charge >= 0.3 is 5.97 Å². The molecule has 0 aromatic heterocycles. The van der Waals surface area contributed by atoms with Gasteiger partial charge in [-0.25, -0.2) is 0 Å². The summed E-state index contributed by atoms with van der Waals surface area (Å²) in [5.41, 5.74) is 0.948. The van der Waals surface area contributed by atoms with Crippen molar-refractivity contribution >= 4 is 37.8 Å². The van der Waals surface area contributed by atoms with Gasteiger partial charge in [-0.05, 0) is 63.4 Å². The first-order valence-electron chi connectivity index (χ1n) is 4.67. The molecule has 0 aliphatic heterocycles. The Labute approximate surface area is 106 Å². The largest absolute Gasteiger partial charge is 0.466 e. The van der Waals surface area contributed by atoms with Gasteiger partial charge in [0.2, 0.25) is 0 Å². The molecule has 1 aromatic carbocycles. The predicted molar refractivity (Wildman–Crippen MR) is 66.9 cm³/mol. The Morgan fingerprint density at radius 1 is 1.40 bits per heavy atom. The van der Waals surface area contributed by atoms with Crippen molar-refractivity contribution in [1.29, 1.82) is 0 Å². The molecule has 2 nitrogen and oxygen atoms in total. The van der Waals surface area contributed by atoms with Crippen LogP contribution < -0.4 is 0 Å². The van der Waals surface area contributed by atoms with Gasteiger partial charge in [0.25, 0.3) is 0 Å². The van der Waals surface area contributed by atoms with E-state index in [1.807, 2.05) is 32.0 Å². The van der Waals surface area contributed by atoms with E-state index >= 15 is 0 Å². The molecule has 1 unspecified atom stereocenters. The van der Waals surface area contributed by atoms with E-state index in [1.54, 1.807) is 0 Å². The molecule has 0 saturated heterocycles. The lowest BCUT2D eigenvalue weighted by atomic mass is 10.0. The number of hydrogen-bond acceptors (Lipinski definition) is 2. The number of carbonyl (C=O) groups is 1. The molecule has 1 aromatic rings. The van der Waals surface area contributed by atoms with Crippen molar-refractivity contribution in [3.8, 4) is 0 Å². The van der Waals surface area contributed by atoms with Gasteiger partial charge in [0.15, 0.2) is 0 Å². The van der Waals surface area contributed by atoms with Crippen molar-refractivity contribution in [3.05, 3.63) is 32.7 Å². The standard InChI is InChI=1S/C11H12Br2O2/c1-3-15-11(14)7(2)8-4-5-9(12)10(13)6-8/h4-7H,3H2,1-2H3. The maximum absolute atomic E-state index is 11.5. The summed E-state index contributed by atoms with van der Waals surface area (Å²) in [6, 6.07) is 5.75. The van der Waals surface area contributed by atoms with E-state index in [9.17, 15) is 4.79 Å². The van der Waals surface area contributed by atoms with Crippen LogP contribution in [-0.2, 0) is 9.53 Å². The molecule has 82 valence electrons. The lowest BCUT2D eigenvalue weighted by molar-refractivity contribution is -0.144. The zero-order valence-electron chi connectivity index (χ0n) is 8.59. The Morgan fingerprint density at radius 3 is 2.60 bits per heavy atom. The molecule has 15 heavy (non-hydrogen) atoms. The normalized spacial score (nSPS) is 12.3. The summed E-state index contributed by atoms with van der Waals surface area (Å²) < 4.78 is 6.88. The van der Waals surface area contributed by atoms with Crippen molar-refractivity contribution in [3.63, 3.8) is 0 Å². The quantitative estimate of drug-likeness (QED) is 0.783. The topological polar surface area (TPSA) is 26.3 Å². The van der Waals surface area contributed by atoms with Crippen molar-refractivity contribution < 1.29 is 9.53 Å². The molecule has 0 saturated carbocycles. The fraction of sp³-hybridized carbons (Fsp3) is 0.364. The summed E-state index contributed by atoms with van der Waals surface area (Å²) in [6.07, 6.45) is 0. The third-order valence-corrected chi connectivity index (χ3v) is 3.96. The fourth-order valence-electron chi connectivity index (χ4n) is 1.19. The molecule has 0 amide bonds. The van der Waals surface area contributed by atoms with Crippen LogP contribution in [0.4, 0.5) is 0 Å². The van der Waals surface area contributed by atoms with Crippen molar-refractivity contribution in [2.24, 2.45) is 0 Å². The SMILES string of the molecule is CCOC(=O)C(C)c1ccc(Br)c(Br)c1. The second kappa shape index (κ2) is 5.66. The van der Waals surface area contributed by atoms with Crippen molar-refractivity contribution in [2.75, 3.05) is 6.61 Å². The molecule has 0 bridgehead atoms. The van der Waals surface area contributed by atoms with Gasteiger partial charge in [0.1, 0.15) is 0 Å². The molecular weight excluding hydrogens is 324 g/mol. The highest BCUT2D eigenvalue weighted by molar-refractivity contribution is 9.13. The monoisotopic (exact) mass is 334 g/mol. The minimum absolute atomic E-state index is 0.188. The summed E-state index contributed by atoms with van der Waals surface area (Å²) in [4.78, 5) is 11.5. The summed E-state index contributed by atoms with van der Waals surface area (Å²) in [5, 5.41) is 0. The van der Waals surface area contributed by atoms with Crippen molar-refractivity contribution in [1.82, 2.24) is 0 Å². The third-order valence-electron chi connectivity index (χ3n) is 2.08. The van der Waals surface area contributed by atoms with Crippen LogP contribution in [0.1, 0.15) is 25.3 Å². The summed E-state index contributed by atoms with van der Waals surface area (Å²) in [6.45, 7) is 4.07. The zero-order valence-corrected chi connectivity index (χ0v) is 11.8. The van der Waals surface area contributed by atoms with Gasteiger partial charge in [-0.2, -0.15) is 0 Å². The van der Waals surface area contributed by atoms with Gasteiger partial charge in [0, 0.05) is 8.95 Å². The first kappa shape index (κ1) is 12.7. The number of ether oxygens (including phenoxy) is 1. The van der Waals surface area contributed by atoms with Crippen LogP contribution in [0.2, 0.25) is 0 Å². The lowest BCUT2D eigenvalue weighted by Gasteiger charge is -2.11. The number of halogens is 2. The second-order valence-electron chi connectivity index (χ2n) is 3.15. The zero-order chi connectivity index (χ0) is 11.4. The fourth-order valence-corrected chi connectivity index (χ4v) is 1.83. The van der Waals surface area contributed by atoms with Crippen LogP contribution in [-0.4, -0.2) is 12.6 Å². The van der Waals surface area contributed by atoms with Crippen LogP contribution >= 0.6 is 31.9 Å². The van der Waals surface area contributed by atoms with E-state index in [0.29, 0.717) is 6.61 Å². The van der Waals surface area contributed by atoms with E-state index in [0.717, 1.165) is 14.5 Å². The van der Waals surface area contributed by atoms with Gasteiger partial charge in [-0.3, -0.25) is 4.79 Å². The molecular formula is C11H12Br2O2. The number of hydrogen-bond donors (Lipinski definition) is 0. The Bertz CT molecular complexity index is 364. The molecule has 0 fully saturated rings. The Kier molecular flexibility index (Phi) is 4.80. The molecule has 0 N–H and O–H groups in total. The molecule has 0 spiro atoms. The highest BCUT2D eigenvalue weighted by Crippen LogP contribution is 2.27. The Hall–Kier alpha value is -0.350. The minimum atomic E-state index is -0.227. The second-order valence-corrected chi connectivity index (χ2v) is 4.86. The van der Waals surface area contributed by atoms with Gasteiger partial charge in [-0.1, -0.05) is 6.07 Å². The Morgan fingerprint density at radius 2 is 2.07 bits per heavy atom.